The lowest BCUT2D eigenvalue weighted by Crippen LogP contribution is -2.51. The molecule has 0 saturated carbocycles. The molecule has 12 nitrogen and oxygen atoms in total. The van der Waals surface area contributed by atoms with Gasteiger partial charge in [0.25, 0.3) is 0 Å². The Balaban J connectivity index is 4.54. The Morgan fingerprint density at radius 1 is 1.12 bits per heavy atom. The summed E-state index contributed by atoms with van der Waals surface area (Å²) in [6.07, 6.45) is 0.773. The Hall–Kier alpha value is -3.02. The van der Waals surface area contributed by atoms with Gasteiger partial charge in [-0.05, 0) is 6.92 Å². The van der Waals surface area contributed by atoms with Crippen molar-refractivity contribution in [3.63, 3.8) is 0 Å². The largest absolute Gasteiger partial charge is 0.481 e. The zero-order chi connectivity index (χ0) is 20.3. The van der Waals surface area contributed by atoms with Gasteiger partial charge in [0.05, 0.1) is 32.1 Å². The third-order valence-electron chi connectivity index (χ3n) is 2.97. The Bertz CT molecular complexity index is 564. The summed E-state index contributed by atoms with van der Waals surface area (Å²) in [5, 5.41) is 15.4. The lowest BCUT2D eigenvalue weighted by atomic mass is 10.1. The van der Waals surface area contributed by atoms with Gasteiger partial charge < -0.3 is 31.7 Å². The van der Waals surface area contributed by atoms with E-state index in [1.54, 1.807) is 0 Å². The number of hydrogen-bond donors (Lipinski definition) is 5. The van der Waals surface area contributed by atoms with E-state index in [4.69, 9.17) is 10.8 Å². The summed E-state index contributed by atoms with van der Waals surface area (Å²) in [5.74, 6) is -4.18. The standard InChI is InChI=1S/C14H22N5O7/c1-8(15)13(25)17-6-10(21)16-7-11(22)18-9(5-12(23)24)14(26)19(2)3-4-20/h8-9H,3,5-7,15H2,1-2H3,(H,16,21)(H,17,25)(H,18,22)(H,23,24)/t8-,9-/m0/s1. The van der Waals surface area contributed by atoms with Gasteiger partial charge in [-0.1, -0.05) is 0 Å². The summed E-state index contributed by atoms with van der Waals surface area (Å²) in [7, 11) is 1.25. The van der Waals surface area contributed by atoms with Crippen LogP contribution in [0.4, 0.5) is 0 Å². The monoisotopic (exact) mass is 372 g/mol. The van der Waals surface area contributed by atoms with Gasteiger partial charge in [-0.25, -0.2) is 0 Å². The lowest BCUT2D eigenvalue weighted by Gasteiger charge is -2.22. The smallest absolute Gasteiger partial charge is 0.305 e. The van der Waals surface area contributed by atoms with Crippen molar-refractivity contribution in [3.8, 4) is 0 Å². The van der Waals surface area contributed by atoms with E-state index in [-0.39, 0.29) is 6.54 Å². The zero-order valence-electron chi connectivity index (χ0n) is 14.4. The molecule has 0 aromatic rings. The molecule has 145 valence electrons. The van der Waals surface area contributed by atoms with E-state index in [1.807, 2.05) is 0 Å². The maximum atomic E-state index is 12.0. The SMILES string of the molecule is C[C@H](N)C(=O)NCC(=O)NCC(=O)N[C@@H](CC(=O)O)C(=O)N(C)C[C]=O. The maximum Gasteiger partial charge on any atom is 0.305 e. The molecule has 12 heteroatoms. The second kappa shape index (κ2) is 11.5. The molecular formula is C14H22N5O7. The predicted octanol–water partition coefficient (Wildman–Crippen LogP) is -3.91. The first-order valence-electron chi connectivity index (χ1n) is 7.49. The van der Waals surface area contributed by atoms with Crippen LogP contribution in [0.15, 0.2) is 0 Å². The second-order valence-corrected chi connectivity index (χ2v) is 5.34. The third-order valence-corrected chi connectivity index (χ3v) is 2.97. The van der Waals surface area contributed by atoms with E-state index in [2.05, 4.69) is 16.0 Å². The minimum absolute atomic E-state index is 0.388. The van der Waals surface area contributed by atoms with E-state index in [0.29, 0.717) is 0 Å². The molecule has 0 aromatic carbocycles. The fourth-order valence-corrected chi connectivity index (χ4v) is 1.63. The molecule has 4 amide bonds. The number of rotatable bonds is 11. The topological polar surface area (TPSA) is 188 Å². The number of carboxylic acid groups (broad SMARTS) is 1. The van der Waals surface area contributed by atoms with E-state index >= 15 is 0 Å². The van der Waals surface area contributed by atoms with Crippen LogP contribution in [0.2, 0.25) is 0 Å². The molecule has 0 aliphatic heterocycles. The summed E-state index contributed by atoms with van der Waals surface area (Å²) in [6.45, 7) is 0.101. The normalized spacial score (nSPS) is 12.3. The molecule has 2 atom stereocenters. The highest BCUT2D eigenvalue weighted by atomic mass is 16.4. The molecule has 0 fully saturated rings. The molecule has 0 aromatic heterocycles. The summed E-state index contributed by atoms with van der Waals surface area (Å²) in [5.41, 5.74) is 5.30. The van der Waals surface area contributed by atoms with Crippen molar-refractivity contribution >= 4 is 35.9 Å². The lowest BCUT2D eigenvalue weighted by molar-refractivity contribution is -0.143. The van der Waals surface area contributed by atoms with E-state index in [1.165, 1.54) is 20.3 Å². The number of carbonyl (C=O) groups excluding carboxylic acids is 5. The first-order valence-corrected chi connectivity index (χ1v) is 7.49. The number of hydrogen-bond acceptors (Lipinski definition) is 7. The molecule has 0 aliphatic rings. The molecule has 0 spiro atoms. The number of likely N-dealkylation sites (N-methyl/N-ethyl adjacent to an activating group) is 1. The van der Waals surface area contributed by atoms with Gasteiger partial charge in [-0.15, -0.1) is 0 Å². The van der Waals surface area contributed by atoms with Crippen molar-refractivity contribution in [2.45, 2.75) is 25.4 Å². The van der Waals surface area contributed by atoms with Crippen LogP contribution < -0.4 is 21.7 Å². The third kappa shape index (κ3) is 9.32. The van der Waals surface area contributed by atoms with Crippen LogP contribution in [0, 0.1) is 0 Å². The van der Waals surface area contributed by atoms with Gasteiger partial charge in [-0.3, -0.25) is 28.8 Å². The number of carboxylic acids is 1. The van der Waals surface area contributed by atoms with Gasteiger partial charge in [-0.2, -0.15) is 0 Å². The second-order valence-electron chi connectivity index (χ2n) is 5.34. The Labute approximate surface area is 149 Å². The van der Waals surface area contributed by atoms with Crippen molar-refractivity contribution in [2.24, 2.45) is 5.73 Å². The van der Waals surface area contributed by atoms with Crippen LogP contribution in [0.25, 0.3) is 0 Å². The van der Waals surface area contributed by atoms with E-state index < -0.39 is 61.2 Å². The van der Waals surface area contributed by atoms with Crippen LogP contribution in [-0.2, 0) is 28.8 Å². The van der Waals surface area contributed by atoms with Gasteiger partial charge in [0, 0.05) is 7.05 Å². The average molecular weight is 372 g/mol. The Kier molecular flexibility index (Phi) is 10.2. The highest BCUT2D eigenvalue weighted by Crippen LogP contribution is 1.98. The Morgan fingerprint density at radius 3 is 2.19 bits per heavy atom. The van der Waals surface area contributed by atoms with Gasteiger partial charge in [0.2, 0.25) is 29.9 Å². The predicted molar refractivity (Wildman–Crippen MR) is 87.2 cm³/mol. The van der Waals surface area contributed by atoms with Crippen LogP contribution in [0.5, 0.6) is 0 Å². The molecule has 1 radical (unpaired) electrons. The zero-order valence-corrected chi connectivity index (χ0v) is 14.4. The fraction of sp³-hybridized carbons (Fsp3) is 0.571. The van der Waals surface area contributed by atoms with Crippen molar-refractivity contribution < 1.29 is 33.9 Å². The number of nitrogens with zero attached hydrogens (tertiary/aromatic N) is 1. The maximum absolute atomic E-state index is 12.0. The summed E-state index contributed by atoms with van der Waals surface area (Å²) in [4.78, 5) is 68.6. The van der Waals surface area contributed by atoms with Crippen molar-refractivity contribution in [3.05, 3.63) is 0 Å². The van der Waals surface area contributed by atoms with Crippen LogP contribution in [0.1, 0.15) is 13.3 Å². The highest BCUT2D eigenvalue weighted by Gasteiger charge is 2.26. The number of carbonyl (C=O) groups is 5. The number of nitrogens with two attached hydrogens (primary N) is 1. The molecule has 0 rings (SSSR count). The molecular weight excluding hydrogens is 350 g/mol. The van der Waals surface area contributed by atoms with E-state index in [9.17, 15) is 28.8 Å². The Morgan fingerprint density at radius 2 is 1.69 bits per heavy atom. The molecule has 0 aliphatic carbocycles. The number of nitrogens with one attached hydrogen (secondary N) is 3. The average Bonchev–Trinajstić information content (AvgIpc) is 2.56. The van der Waals surface area contributed by atoms with Crippen molar-refractivity contribution in [1.29, 1.82) is 0 Å². The molecule has 0 saturated heterocycles. The van der Waals surface area contributed by atoms with Gasteiger partial charge in [0.1, 0.15) is 6.04 Å². The first-order chi connectivity index (χ1) is 12.1. The van der Waals surface area contributed by atoms with Crippen LogP contribution >= 0.6 is 0 Å². The minimum Gasteiger partial charge on any atom is -0.481 e. The summed E-state index contributed by atoms with van der Waals surface area (Å²) in [6, 6.07) is -2.21. The van der Waals surface area contributed by atoms with E-state index in [0.717, 1.165) is 4.90 Å². The van der Waals surface area contributed by atoms with Crippen LogP contribution in [-0.4, -0.2) is 84.7 Å². The van der Waals surface area contributed by atoms with Gasteiger partial charge in [0.15, 0.2) is 0 Å². The first kappa shape index (κ1) is 23.0. The minimum atomic E-state index is -1.41. The van der Waals surface area contributed by atoms with Crippen LogP contribution in [0.3, 0.4) is 0 Å². The molecule has 6 N–H and O–H groups in total. The molecule has 0 bridgehead atoms. The van der Waals surface area contributed by atoms with Gasteiger partial charge >= 0.3 is 5.97 Å². The quantitative estimate of drug-likeness (QED) is 0.243. The van der Waals surface area contributed by atoms with Crippen molar-refractivity contribution in [2.75, 3.05) is 26.7 Å². The molecule has 0 heterocycles. The fourth-order valence-electron chi connectivity index (χ4n) is 1.63. The summed E-state index contributed by atoms with van der Waals surface area (Å²) >= 11 is 0. The molecule has 26 heavy (non-hydrogen) atoms. The number of aliphatic carboxylic acids is 1. The molecule has 0 unspecified atom stereocenters. The van der Waals surface area contributed by atoms with Crippen molar-refractivity contribution in [1.82, 2.24) is 20.9 Å². The number of amides is 4. The highest BCUT2D eigenvalue weighted by molar-refractivity contribution is 5.93. The summed E-state index contributed by atoms with van der Waals surface area (Å²) < 4.78 is 0.